The second-order valence-corrected chi connectivity index (χ2v) is 6.22. The van der Waals surface area contributed by atoms with Gasteiger partial charge < -0.3 is 9.64 Å². The predicted octanol–water partition coefficient (Wildman–Crippen LogP) is 1.12. The van der Waals surface area contributed by atoms with Crippen molar-refractivity contribution in [3.8, 4) is 0 Å². The molecule has 2 N–H and O–H groups in total. The van der Waals surface area contributed by atoms with Crippen LogP contribution in [0.2, 0.25) is 0 Å². The van der Waals surface area contributed by atoms with Gasteiger partial charge in [0.05, 0.1) is 19.6 Å². The Kier molecular flexibility index (Phi) is 5.56. The molecule has 0 radical (unpaired) electrons. The summed E-state index contributed by atoms with van der Waals surface area (Å²) in [5.41, 5.74) is 5.05. The third-order valence-corrected chi connectivity index (χ3v) is 4.53. The Bertz CT molecular complexity index is 761. The Morgan fingerprint density at radius 2 is 2.00 bits per heavy atom. The highest BCUT2D eigenvalue weighted by Gasteiger charge is 2.18. The van der Waals surface area contributed by atoms with Gasteiger partial charge in [-0.1, -0.05) is 18.2 Å². The van der Waals surface area contributed by atoms with E-state index in [2.05, 4.69) is 15.8 Å². The van der Waals surface area contributed by atoms with Gasteiger partial charge in [-0.3, -0.25) is 20.4 Å². The number of anilines is 1. The smallest absolute Gasteiger partial charge is 0.289 e. The lowest BCUT2D eigenvalue weighted by molar-refractivity contribution is -0.121. The minimum absolute atomic E-state index is 0.164. The van der Waals surface area contributed by atoms with E-state index < -0.39 is 17.6 Å². The zero-order valence-corrected chi connectivity index (χ0v) is 14.1. The number of benzene rings is 1. The number of morpholine rings is 1. The number of rotatable bonds is 4. The van der Waals surface area contributed by atoms with Crippen molar-refractivity contribution in [1.29, 1.82) is 0 Å². The Balaban J connectivity index is 1.51. The number of hydrazine groups is 1. The number of nitrogens with zero attached hydrogens (tertiary/aromatic N) is 2. The first kappa shape index (κ1) is 17.3. The summed E-state index contributed by atoms with van der Waals surface area (Å²) in [5.74, 6) is -1.49. The maximum absolute atomic E-state index is 13.5. The van der Waals surface area contributed by atoms with Crippen molar-refractivity contribution in [3.63, 3.8) is 0 Å². The van der Waals surface area contributed by atoms with E-state index in [1.807, 2.05) is 4.90 Å². The topological polar surface area (TPSA) is 83.6 Å². The average Bonchev–Trinajstić information content (AvgIpc) is 3.13. The van der Waals surface area contributed by atoms with E-state index in [9.17, 15) is 14.0 Å². The van der Waals surface area contributed by atoms with Gasteiger partial charge in [0.15, 0.2) is 5.13 Å². The van der Waals surface area contributed by atoms with E-state index in [0.717, 1.165) is 18.2 Å². The van der Waals surface area contributed by atoms with Gasteiger partial charge in [-0.25, -0.2) is 9.37 Å². The van der Waals surface area contributed by atoms with E-state index in [4.69, 9.17) is 4.74 Å². The fourth-order valence-corrected chi connectivity index (χ4v) is 3.18. The van der Waals surface area contributed by atoms with Crippen LogP contribution >= 0.6 is 11.3 Å². The van der Waals surface area contributed by atoms with Gasteiger partial charge in [-0.15, -0.1) is 11.3 Å². The molecule has 1 aliphatic heterocycles. The summed E-state index contributed by atoms with van der Waals surface area (Å²) in [5, 5.41) is 2.37. The number of carbonyl (C=O) groups is 2. The van der Waals surface area contributed by atoms with Crippen molar-refractivity contribution in [2.75, 3.05) is 31.2 Å². The maximum atomic E-state index is 13.5. The molecule has 0 atom stereocenters. The van der Waals surface area contributed by atoms with Crippen LogP contribution in [0.1, 0.15) is 16.1 Å². The Morgan fingerprint density at radius 1 is 1.24 bits per heavy atom. The van der Waals surface area contributed by atoms with Crippen LogP contribution in [-0.4, -0.2) is 43.1 Å². The summed E-state index contributed by atoms with van der Waals surface area (Å²) in [6, 6.07) is 5.99. The molecular formula is C16H17FN4O3S. The van der Waals surface area contributed by atoms with Gasteiger partial charge in [0.25, 0.3) is 5.91 Å². The molecule has 1 aromatic heterocycles. The Hall–Kier alpha value is -2.52. The molecule has 1 saturated heterocycles. The van der Waals surface area contributed by atoms with E-state index in [0.29, 0.717) is 13.2 Å². The highest BCUT2D eigenvalue weighted by atomic mass is 32.1. The van der Waals surface area contributed by atoms with Gasteiger partial charge in [0.2, 0.25) is 5.91 Å². The summed E-state index contributed by atoms with van der Waals surface area (Å²) in [6.45, 7) is 2.72. The lowest BCUT2D eigenvalue weighted by atomic mass is 10.1. The van der Waals surface area contributed by atoms with Crippen LogP contribution < -0.4 is 15.8 Å². The molecule has 0 aliphatic carbocycles. The number of amides is 2. The number of nitrogens with one attached hydrogen (secondary N) is 2. The first-order valence-electron chi connectivity index (χ1n) is 7.74. The highest BCUT2D eigenvalue weighted by molar-refractivity contribution is 7.13. The summed E-state index contributed by atoms with van der Waals surface area (Å²) >= 11 is 1.36. The number of ether oxygens (including phenoxy) is 1. The Morgan fingerprint density at radius 3 is 2.76 bits per heavy atom. The molecule has 7 nitrogen and oxygen atoms in total. The van der Waals surface area contributed by atoms with Gasteiger partial charge in [-0.05, 0) is 11.6 Å². The van der Waals surface area contributed by atoms with Crippen LogP contribution in [0.5, 0.6) is 0 Å². The molecule has 2 heterocycles. The second-order valence-electron chi connectivity index (χ2n) is 5.39. The molecule has 0 bridgehead atoms. The third-order valence-electron chi connectivity index (χ3n) is 3.63. The van der Waals surface area contributed by atoms with Crippen LogP contribution in [-0.2, 0) is 16.0 Å². The molecule has 25 heavy (non-hydrogen) atoms. The van der Waals surface area contributed by atoms with E-state index in [1.165, 1.54) is 23.5 Å². The molecule has 2 amide bonds. The summed E-state index contributed by atoms with van der Waals surface area (Å²) in [6.07, 6.45) is -0.164. The summed E-state index contributed by atoms with van der Waals surface area (Å²) in [7, 11) is 0. The van der Waals surface area contributed by atoms with Crippen molar-refractivity contribution in [1.82, 2.24) is 15.8 Å². The minimum atomic E-state index is -0.516. The molecule has 132 valence electrons. The SMILES string of the molecule is O=C(Cc1ccccc1F)NNC(=O)c1csc(N2CCOCC2)n1. The monoisotopic (exact) mass is 364 g/mol. The normalized spacial score (nSPS) is 14.2. The lowest BCUT2D eigenvalue weighted by Gasteiger charge is -2.25. The van der Waals surface area contributed by atoms with E-state index in [1.54, 1.807) is 17.5 Å². The van der Waals surface area contributed by atoms with Gasteiger partial charge >= 0.3 is 0 Å². The average molecular weight is 364 g/mol. The largest absolute Gasteiger partial charge is 0.378 e. The lowest BCUT2D eigenvalue weighted by Crippen LogP contribution is -2.42. The van der Waals surface area contributed by atoms with Crippen molar-refractivity contribution in [3.05, 3.63) is 46.7 Å². The van der Waals surface area contributed by atoms with Crippen molar-refractivity contribution < 1.29 is 18.7 Å². The number of hydrogen-bond acceptors (Lipinski definition) is 6. The second kappa shape index (κ2) is 8.04. The van der Waals surface area contributed by atoms with Crippen molar-refractivity contribution in [2.24, 2.45) is 0 Å². The summed E-state index contributed by atoms with van der Waals surface area (Å²) in [4.78, 5) is 30.2. The molecular weight excluding hydrogens is 347 g/mol. The number of aromatic nitrogens is 1. The fourth-order valence-electron chi connectivity index (χ4n) is 2.32. The number of carbonyl (C=O) groups excluding carboxylic acids is 2. The quantitative estimate of drug-likeness (QED) is 0.795. The molecule has 1 aliphatic rings. The molecule has 3 rings (SSSR count). The standard InChI is InChI=1S/C16H17FN4O3S/c17-12-4-2-1-3-11(12)9-14(22)19-20-15(23)13-10-25-16(18-13)21-5-7-24-8-6-21/h1-4,10H,5-9H2,(H,19,22)(H,20,23). The molecule has 2 aromatic rings. The van der Waals surface area contributed by atoms with E-state index in [-0.39, 0.29) is 17.7 Å². The number of halogens is 1. The zero-order chi connectivity index (χ0) is 17.6. The first-order chi connectivity index (χ1) is 12.1. The predicted molar refractivity (Wildman–Crippen MR) is 90.9 cm³/mol. The number of hydrogen-bond donors (Lipinski definition) is 2. The molecule has 0 unspecified atom stereocenters. The van der Waals surface area contributed by atoms with Crippen LogP contribution in [0, 0.1) is 5.82 Å². The molecule has 1 fully saturated rings. The van der Waals surface area contributed by atoms with Crippen LogP contribution in [0.4, 0.5) is 9.52 Å². The summed E-state index contributed by atoms with van der Waals surface area (Å²) < 4.78 is 18.8. The van der Waals surface area contributed by atoms with Gasteiger partial charge in [-0.2, -0.15) is 0 Å². The van der Waals surface area contributed by atoms with Crippen molar-refractivity contribution >= 4 is 28.3 Å². The van der Waals surface area contributed by atoms with Crippen molar-refractivity contribution in [2.45, 2.75) is 6.42 Å². The number of thiazole rings is 1. The van der Waals surface area contributed by atoms with Crippen LogP contribution in [0.25, 0.3) is 0 Å². The Labute approximate surface area is 147 Å². The van der Waals surface area contributed by atoms with Gasteiger partial charge in [0.1, 0.15) is 11.5 Å². The minimum Gasteiger partial charge on any atom is -0.378 e. The van der Waals surface area contributed by atoms with Crippen LogP contribution in [0.3, 0.4) is 0 Å². The first-order valence-corrected chi connectivity index (χ1v) is 8.62. The molecule has 1 aromatic carbocycles. The van der Waals surface area contributed by atoms with Gasteiger partial charge in [0, 0.05) is 18.5 Å². The zero-order valence-electron chi connectivity index (χ0n) is 13.3. The third kappa shape index (κ3) is 4.52. The highest BCUT2D eigenvalue weighted by Crippen LogP contribution is 2.21. The molecule has 0 saturated carbocycles. The maximum Gasteiger partial charge on any atom is 0.289 e. The van der Waals surface area contributed by atoms with E-state index >= 15 is 0 Å². The fraction of sp³-hybridized carbons (Fsp3) is 0.312. The molecule has 0 spiro atoms. The van der Waals surface area contributed by atoms with Crippen LogP contribution in [0.15, 0.2) is 29.6 Å². The molecule has 9 heteroatoms.